The van der Waals surface area contributed by atoms with Gasteiger partial charge in [0, 0.05) is 5.56 Å². The van der Waals surface area contributed by atoms with Crippen LogP contribution in [0, 0.1) is 31.3 Å². The molecule has 0 N–H and O–H groups in total. The maximum absolute atomic E-state index is 13.4. The van der Waals surface area contributed by atoms with Crippen molar-refractivity contribution in [3.8, 4) is 11.3 Å². The fraction of sp³-hybridized carbons (Fsp3) is 0.143. The molecule has 8 heteroatoms. The minimum absolute atomic E-state index is 0.00301. The van der Waals surface area contributed by atoms with Gasteiger partial charge in [0.05, 0.1) is 11.4 Å². The summed E-state index contributed by atoms with van der Waals surface area (Å²) in [5, 5.41) is -0.148. The van der Waals surface area contributed by atoms with Crippen molar-refractivity contribution in [3.05, 3.63) is 46.3 Å². The van der Waals surface area contributed by atoms with Crippen LogP contribution in [-0.4, -0.2) is 19.9 Å². The van der Waals surface area contributed by atoms with Gasteiger partial charge in [-0.2, -0.15) is 4.98 Å². The summed E-state index contributed by atoms with van der Waals surface area (Å²) in [7, 11) is 0. The van der Waals surface area contributed by atoms with Gasteiger partial charge in [-0.1, -0.05) is 0 Å². The van der Waals surface area contributed by atoms with Crippen LogP contribution in [0.3, 0.4) is 0 Å². The lowest BCUT2D eigenvalue weighted by Crippen LogP contribution is -2.01. The number of fused-ring (bicyclic) bond motifs is 1. The maximum atomic E-state index is 13.4. The van der Waals surface area contributed by atoms with Crippen LogP contribution in [0.4, 0.5) is 13.2 Å². The molecule has 3 rings (SSSR count). The fourth-order valence-corrected chi connectivity index (χ4v) is 2.14. The first kappa shape index (κ1) is 14.6. The minimum Gasteiger partial charge on any atom is -0.246 e. The molecule has 0 fully saturated rings. The van der Waals surface area contributed by atoms with Crippen LogP contribution >= 0.6 is 11.6 Å². The van der Waals surface area contributed by atoms with Crippen molar-refractivity contribution >= 4 is 22.8 Å². The molecule has 2 heterocycles. The van der Waals surface area contributed by atoms with Crippen molar-refractivity contribution in [3.63, 3.8) is 0 Å². The molecular weight excluding hydrogens is 317 g/mol. The molecule has 0 saturated carbocycles. The fourth-order valence-electron chi connectivity index (χ4n) is 1.98. The summed E-state index contributed by atoms with van der Waals surface area (Å²) in [6, 6.07) is 1.65. The molecule has 0 spiro atoms. The summed E-state index contributed by atoms with van der Waals surface area (Å²) in [6.45, 7) is 3.47. The number of rotatable bonds is 1. The Morgan fingerprint density at radius 3 is 2.09 bits per heavy atom. The van der Waals surface area contributed by atoms with E-state index in [2.05, 4.69) is 19.9 Å². The van der Waals surface area contributed by atoms with Crippen LogP contribution in [0.2, 0.25) is 5.28 Å². The standard InChI is InChI=1S/C14H8ClF3N4/c1-5-6(2)20-13-12(19-5)11(21-14(15)22-13)7-3-8(16)10(18)9(17)4-7/h3-4H,1-2H3. The van der Waals surface area contributed by atoms with Gasteiger partial charge in [0.2, 0.25) is 5.28 Å². The van der Waals surface area contributed by atoms with Crippen LogP contribution in [-0.2, 0) is 0 Å². The molecule has 22 heavy (non-hydrogen) atoms. The summed E-state index contributed by atoms with van der Waals surface area (Å²) >= 11 is 5.83. The number of aromatic nitrogens is 4. The Labute approximate surface area is 128 Å². The van der Waals surface area contributed by atoms with Crippen LogP contribution in [0.25, 0.3) is 22.4 Å². The molecule has 0 amide bonds. The van der Waals surface area contributed by atoms with Gasteiger partial charge in [0.1, 0.15) is 11.2 Å². The topological polar surface area (TPSA) is 51.6 Å². The Hall–Kier alpha value is -2.28. The predicted molar refractivity (Wildman–Crippen MR) is 74.9 cm³/mol. The molecule has 0 aliphatic heterocycles. The molecule has 0 saturated heterocycles. The molecule has 0 aliphatic carbocycles. The summed E-state index contributed by atoms with van der Waals surface area (Å²) in [5.41, 5.74) is 1.78. The van der Waals surface area contributed by atoms with Gasteiger partial charge in [-0.3, -0.25) is 0 Å². The quantitative estimate of drug-likeness (QED) is 0.505. The van der Waals surface area contributed by atoms with Gasteiger partial charge in [-0.15, -0.1) is 0 Å². The lowest BCUT2D eigenvalue weighted by atomic mass is 10.1. The average molecular weight is 325 g/mol. The van der Waals surface area contributed by atoms with Crippen LogP contribution in [0.5, 0.6) is 0 Å². The maximum Gasteiger partial charge on any atom is 0.225 e. The van der Waals surface area contributed by atoms with E-state index in [0.717, 1.165) is 12.1 Å². The largest absolute Gasteiger partial charge is 0.246 e. The van der Waals surface area contributed by atoms with Gasteiger partial charge < -0.3 is 0 Å². The van der Waals surface area contributed by atoms with Crippen molar-refractivity contribution in [2.75, 3.05) is 0 Å². The zero-order chi connectivity index (χ0) is 16.0. The van der Waals surface area contributed by atoms with Crippen LogP contribution in [0.1, 0.15) is 11.4 Å². The molecule has 112 valence electrons. The molecule has 3 aromatic rings. The van der Waals surface area contributed by atoms with Crippen LogP contribution < -0.4 is 0 Å². The third-order valence-electron chi connectivity index (χ3n) is 3.17. The summed E-state index contributed by atoms with van der Waals surface area (Å²) in [5.74, 6) is -4.20. The lowest BCUT2D eigenvalue weighted by Gasteiger charge is -2.08. The Morgan fingerprint density at radius 1 is 0.864 bits per heavy atom. The van der Waals surface area contributed by atoms with E-state index in [1.807, 2.05) is 0 Å². The molecule has 0 radical (unpaired) electrons. The van der Waals surface area contributed by atoms with Gasteiger partial charge in [-0.05, 0) is 37.6 Å². The molecule has 0 atom stereocenters. The van der Waals surface area contributed by atoms with Crippen molar-refractivity contribution < 1.29 is 13.2 Å². The summed E-state index contributed by atoms with van der Waals surface area (Å²) in [6.07, 6.45) is 0. The van der Waals surface area contributed by atoms with Gasteiger partial charge in [0.15, 0.2) is 23.1 Å². The number of nitrogens with zero attached hydrogens (tertiary/aromatic N) is 4. The summed E-state index contributed by atoms with van der Waals surface area (Å²) in [4.78, 5) is 16.4. The second-order valence-corrected chi connectivity index (χ2v) is 5.00. The zero-order valence-corrected chi connectivity index (χ0v) is 12.2. The monoisotopic (exact) mass is 324 g/mol. The normalized spacial score (nSPS) is 11.2. The highest BCUT2D eigenvalue weighted by atomic mass is 35.5. The number of aryl methyl sites for hydroxylation is 2. The number of halogens is 4. The van der Waals surface area contributed by atoms with Crippen molar-refractivity contribution in [2.24, 2.45) is 0 Å². The molecule has 1 aromatic carbocycles. The number of benzene rings is 1. The van der Waals surface area contributed by atoms with Crippen LogP contribution in [0.15, 0.2) is 12.1 Å². The van der Waals surface area contributed by atoms with Gasteiger partial charge in [-0.25, -0.2) is 28.1 Å². The van der Waals surface area contributed by atoms with E-state index in [4.69, 9.17) is 11.6 Å². The predicted octanol–water partition coefficient (Wildman–Crippen LogP) is 3.77. The highest BCUT2D eigenvalue weighted by Gasteiger charge is 2.17. The first-order chi connectivity index (χ1) is 10.4. The Kier molecular flexibility index (Phi) is 3.44. The summed E-state index contributed by atoms with van der Waals surface area (Å²) < 4.78 is 40.0. The van der Waals surface area contributed by atoms with E-state index in [9.17, 15) is 13.2 Å². The van der Waals surface area contributed by atoms with Crippen molar-refractivity contribution in [2.45, 2.75) is 13.8 Å². The zero-order valence-electron chi connectivity index (χ0n) is 11.5. The Bertz CT molecular complexity index is 891. The first-order valence-corrected chi connectivity index (χ1v) is 6.58. The highest BCUT2D eigenvalue weighted by molar-refractivity contribution is 6.28. The van der Waals surface area contributed by atoms with Gasteiger partial charge >= 0.3 is 0 Å². The third-order valence-corrected chi connectivity index (χ3v) is 3.34. The molecule has 2 aromatic heterocycles. The average Bonchev–Trinajstić information content (AvgIpc) is 2.45. The molecule has 0 unspecified atom stereocenters. The molecule has 0 bridgehead atoms. The number of hydrogen-bond donors (Lipinski definition) is 0. The molecule has 0 aliphatic rings. The van der Waals surface area contributed by atoms with E-state index in [1.165, 1.54) is 0 Å². The third kappa shape index (κ3) is 2.37. The Balaban J connectivity index is 2.37. The smallest absolute Gasteiger partial charge is 0.225 e. The SMILES string of the molecule is Cc1nc2nc(Cl)nc(-c3cc(F)c(F)c(F)c3)c2nc1C. The second-order valence-electron chi connectivity index (χ2n) is 4.66. The van der Waals surface area contributed by atoms with Crippen molar-refractivity contribution in [1.82, 2.24) is 19.9 Å². The van der Waals surface area contributed by atoms with E-state index in [0.29, 0.717) is 11.4 Å². The first-order valence-electron chi connectivity index (χ1n) is 6.20. The van der Waals surface area contributed by atoms with E-state index < -0.39 is 17.5 Å². The minimum atomic E-state index is -1.55. The van der Waals surface area contributed by atoms with Gasteiger partial charge in [0.25, 0.3) is 0 Å². The van der Waals surface area contributed by atoms with E-state index in [-0.39, 0.29) is 27.7 Å². The van der Waals surface area contributed by atoms with E-state index >= 15 is 0 Å². The lowest BCUT2D eigenvalue weighted by molar-refractivity contribution is 0.447. The Morgan fingerprint density at radius 2 is 1.45 bits per heavy atom. The van der Waals surface area contributed by atoms with E-state index in [1.54, 1.807) is 13.8 Å². The number of hydrogen-bond acceptors (Lipinski definition) is 4. The highest BCUT2D eigenvalue weighted by Crippen LogP contribution is 2.28. The molecular formula is C14H8ClF3N4. The van der Waals surface area contributed by atoms with Crippen molar-refractivity contribution in [1.29, 1.82) is 0 Å². The second kappa shape index (κ2) is 5.17. The molecule has 4 nitrogen and oxygen atoms in total.